The summed E-state index contributed by atoms with van der Waals surface area (Å²) >= 11 is 8.53. The predicted molar refractivity (Wildman–Crippen MR) is 199 cm³/mol. The second kappa shape index (κ2) is 13.8. The van der Waals surface area contributed by atoms with Crippen LogP contribution in [0.4, 0.5) is 20.3 Å². The van der Waals surface area contributed by atoms with Gasteiger partial charge in [0.05, 0.1) is 40.5 Å². The van der Waals surface area contributed by atoms with Gasteiger partial charge in [0, 0.05) is 67.8 Å². The first-order valence-corrected chi connectivity index (χ1v) is 19.5. The van der Waals surface area contributed by atoms with Crippen molar-refractivity contribution in [2.45, 2.75) is 87.4 Å². The van der Waals surface area contributed by atoms with Crippen LogP contribution < -0.4 is 15.4 Å². The molecule has 2 aromatic heterocycles. The van der Waals surface area contributed by atoms with Crippen molar-refractivity contribution in [1.29, 1.82) is 0 Å². The van der Waals surface area contributed by atoms with Gasteiger partial charge in [-0.25, -0.2) is 8.78 Å². The summed E-state index contributed by atoms with van der Waals surface area (Å²) in [7, 11) is 3.36. The van der Waals surface area contributed by atoms with E-state index in [9.17, 15) is 9.18 Å². The quantitative estimate of drug-likeness (QED) is 0.217. The molecule has 1 amide bonds. The van der Waals surface area contributed by atoms with E-state index in [2.05, 4.69) is 26.7 Å². The number of aryl methyl sites for hydroxylation is 1. The van der Waals surface area contributed by atoms with E-state index in [1.54, 1.807) is 38.8 Å². The van der Waals surface area contributed by atoms with Crippen molar-refractivity contribution >= 4 is 40.8 Å². The van der Waals surface area contributed by atoms with Gasteiger partial charge in [0.1, 0.15) is 12.4 Å². The Bertz CT molecular complexity index is 2040. The van der Waals surface area contributed by atoms with Crippen molar-refractivity contribution in [2.24, 2.45) is 0 Å². The Morgan fingerprint density at radius 3 is 2.79 bits per heavy atom. The van der Waals surface area contributed by atoms with Gasteiger partial charge in [0.2, 0.25) is 0 Å². The van der Waals surface area contributed by atoms with Crippen LogP contribution in [-0.2, 0) is 25.3 Å². The van der Waals surface area contributed by atoms with Crippen molar-refractivity contribution in [3.63, 3.8) is 0 Å². The van der Waals surface area contributed by atoms with Gasteiger partial charge < -0.3 is 20.3 Å². The molecule has 2 N–H and O–H groups in total. The van der Waals surface area contributed by atoms with Gasteiger partial charge in [0.25, 0.3) is 5.91 Å². The molecule has 10 nitrogen and oxygen atoms in total. The van der Waals surface area contributed by atoms with Crippen molar-refractivity contribution < 1.29 is 18.3 Å². The highest BCUT2D eigenvalue weighted by atomic mass is 35.5. The van der Waals surface area contributed by atoms with E-state index < -0.39 is 0 Å². The molecule has 5 aliphatic rings. The number of nitrogens with zero attached hydrogens (tertiary/aromatic N) is 7. The normalized spacial score (nSPS) is 23.5. The Hall–Kier alpha value is -3.86. The first-order valence-electron chi connectivity index (χ1n) is 18.0. The number of amides is 1. The molecule has 6 heterocycles. The van der Waals surface area contributed by atoms with Gasteiger partial charge >= 0.3 is 6.01 Å². The van der Waals surface area contributed by atoms with E-state index in [1.165, 1.54) is 4.90 Å². The fourth-order valence-electron chi connectivity index (χ4n) is 8.48. The number of fused-ring (bicyclic) bond motifs is 3. The molecule has 3 aromatic rings. The monoisotopic (exact) mass is 748 g/mol. The minimum Gasteiger partial charge on any atom is -0.461 e. The molecule has 8 rings (SSSR count). The minimum absolute atomic E-state index is 0.111. The molecule has 4 aliphatic heterocycles. The molecule has 1 aliphatic carbocycles. The summed E-state index contributed by atoms with van der Waals surface area (Å²) in [6.07, 6.45) is 6.50. The second-order valence-corrected chi connectivity index (χ2v) is 16.4. The van der Waals surface area contributed by atoms with Crippen LogP contribution in [0.15, 0.2) is 18.0 Å². The molecule has 0 radical (unpaired) electrons. The van der Waals surface area contributed by atoms with E-state index in [0.29, 0.717) is 62.0 Å². The number of hydrogen-bond acceptors (Lipinski definition) is 9. The summed E-state index contributed by atoms with van der Waals surface area (Å²) in [5.41, 5.74) is 12.0. The lowest BCUT2D eigenvalue weighted by Gasteiger charge is -2.33. The fourth-order valence-corrected chi connectivity index (χ4v) is 10.1. The van der Waals surface area contributed by atoms with Crippen LogP contribution in [-0.4, -0.2) is 81.3 Å². The highest BCUT2D eigenvalue weighted by Crippen LogP contribution is 2.52. The molecule has 1 unspecified atom stereocenters. The number of nitrogens with two attached hydrogens (primary N) is 1. The average Bonchev–Trinajstić information content (AvgIpc) is 3.77. The summed E-state index contributed by atoms with van der Waals surface area (Å²) in [5.74, 6) is 7.13. The van der Waals surface area contributed by atoms with Crippen LogP contribution in [0.1, 0.15) is 101 Å². The number of thioether (sulfide) groups is 1. The molecule has 3 fully saturated rings. The van der Waals surface area contributed by atoms with E-state index in [-0.39, 0.29) is 45.8 Å². The number of nitrogen functional groups attached to an aromatic ring is 1. The lowest BCUT2D eigenvalue weighted by Crippen LogP contribution is -2.43. The molecule has 52 heavy (non-hydrogen) atoms. The van der Waals surface area contributed by atoms with E-state index in [1.807, 2.05) is 4.68 Å². The SMILES string of the molecule is CC#Cc1cc(N)c(F)c(C2Cc3nc(OC[C@@]45CCCN4C/C(=C\F)C5)nc(N4CCCn5nc(C(=O)N(C)C)c(Cl)c5C4)c3CS2)c1C1CC1. The highest BCUT2D eigenvalue weighted by molar-refractivity contribution is 7.98. The maximum Gasteiger partial charge on any atom is 0.318 e. The summed E-state index contributed by atoms with van der Waals surface area (Å²) in [6.45, 7) is 5.29. The molecular formula is C38H43ClF2N8O2S. The van der Waals surface area contributed by atoms with Gasteiger partial charge in [-0.3, -0.25) is 14.4 Å². The van der Waals surface area contributed by atoms with Crippen LogP contribution in [0.2, 0.25) is 5.02 Å². The minimum atomic E-state index is -0.368. The number of benzene rings is 1. The van der Waals surface area contributed by atoms with Gasteiger partial charge in [-0.15, -0.1) is 17.7 Å². The zero-order chi connectivity index (χ0) is 36.3. The second-order valence-electron chi connectivity index (χ2n) is 14.9. The van der Waals surface area contributed by atoms with Crippen LogP contribution in [0.3, 0.4) is 0 Å². The number of ether oxygens (including phenoxy) is 1. The maximum absolute atomic E-state index is 16.2. The fraction of sp³-hybridized carbons (Fsp3) is 0.526. The number of anilines is 2. The van der Waals surface area contributed by atoms with Crippen LogP contribution >= 0.6 is 23.4 Å². The summed E-state index contributed by atoms with van der Waals surface area (Å²) in [5, 5.41) is 4.72. The van der Waals surface area contributed by atoms with Crippen LogP contribution in [0, 0.1) is 17.7 Å². The number of hydrogen-bond donors (Lipinski definition) is 1. The first kappa shape index (κ1) is 35.2. The Balaban J connectivity index is 1.18. The van der Waals surface area contributed by atoms with Crippen LogP contribution in [0.25, 0.3) is 0 Å². The number of halogens is 3. The van der Waals surface area contributed by atoms with E-state index in [4.69, 9.17) is 32.0 Å². The molecule has 14 heteroatoms. The summed E-state index contributed by atoms with van der Waals surface area (Å²) < 4.78 is 38.2. The Morgan fingerprint density at radius 1 is 1.21 bits per heavy atom. The summed E-state index contributed by atoms with van der Waals surface area (Å²) in [6, 6.07) is 1.93. The Kier molecular flexibility index (Phi) is 9.37. The van der Waals surface area contributed by atoms with Gasteiger partial charge in [-0.1, -0.05) is 17.5 Å². The van der Waals surface area contributed by atoms with Gasteiger partial charge in [0.15, 0.2) is 11.5 Å². The third-order valence-electron chi connectivity index (χ3n) is 11.2. The molecule has 1 saturated carbocycles. The number of carbonyl (C=O) groups excluding carboxylic acids is 1. The average molecular weight is 749 g/mol. The van der Waals surface area contributed by atoms with Gasteiger partial charge in [-0.05, 0) is 75.1 Å². The summed E-state index contributed by atoms with van der Waals surface area (Å²) in [4.78, 5) is 29.0. The molecular weight excluding hydrogens is 706 g/mol. The maximum atomic E-state index is 16.2. The molecule has 2 saturated heterocycles. The number of carbonyl (C=O) groups is 1. The largest absolute Gasteiger partial charge is 0.461 e. The number of rotatable bonds is 7. The van der Waals surface area contributed by atoms with E-state index >= 15 is 4.39 Å². The third-order valence-corrected chi connectivity index (χ3v) is 12.8. The molecule has 274 valence electrons. The predicted octanol–water partition coefficient (Wildman–Crippen LogP) is 6.41. The van der Waals surface area contributed by atoms with Crippen molar-refractivity contribution in [2.75, 3.05) is 51.0 Å². The molecule has 1 aromatic carbocycles. The Morgan fingerprint density at radius 2 is 2.04 bits per heavy atom. The molecule has 2 atom stereocenters. The number of aromatic nitrogens is 4. The first-order chi connectivity index (χ1) is 25.1. The van der Waals surface area contributed by atoms with Crippen molar-refractivity contribution in [3.8, 4) is 17.9 Å². The lowest BCUT2D eigenvalue weighted by atomic mass is 9.91. The smallest absolute Gasteiger partial charge is 0.318 e. The lowest BCUT2D eigenvalue weighted by molar-refractivity contribution is 0.0821. The molecule has 0 bridgehead atoms. The topological polar surface area (TPSA) is 106 Å². The third kappa shape index (κ3) is 6.20. The zero-order valence-electron chi connectivity index (χ0n) is 29.8. The standard InChI is InChI=1S/C38H43ClF2N8O2S/c1-4-7-24-14-26(42)33(41)31(30(24)23-8-9-23)29-15-27-25(20-52-29)35(44-37(43-27)51-21-38-10-5-12-48(38)18-22(16-38)17-40)47-11-6-13-49-28(19-47)32(39)34(45-49)36(50)46(2)3/h14,17,23,29H,5-6,8-13,15-16,18-21,42H2,1-3H3/b22-17-/t29?,38-/m0/s1. The van der Waals surface area contributed by atoms with Crippen molar-refractivity contribution in [3.05, 3.63) is 68.1 Å². The molecule has 0 spiro atoms. The zero-order valence-corrected chi connectivity index (χ0v) is 31.3. The van der Waals surface area contributed by atoms with Gasteiger partial charge in [-0.2, -0.15) is 15.1 Å². The van der Waals surface area contributed by atoms with E-state index in [0.717, 1.165) is 84.4 Å². The van der Waals surface area contributed by atoms with Crippen LogP contribution in [0.5, 0.6) is 6.01 Å². The highest BCUT2D eigenvalue weighted by Gasteiger charge is 2.47. The Labute approximate surface area is 312 Å². The van der Waals surface area contributed by atoms with Crippen molar-refractivity contribution in [1.82, 2.24) is 29.5 Å².